The molecular weight excluding hydrogens is 226 g/mol. The predicted molar refractivity (Wildman–Crippen MR) is 74.1 cm³/mol. The van der Waals surface area contributed by atoms with Crippen LogP contribution in [0.1, 0.15) is 5.56 Å². The van der Waals surface area contributed by atoms with Gasteiger partial charge in [0.25, 0.3) is 0 Å². The van der Waals surface area contributed by atoms with Crippen molar-refractivity contribution in [3.63, 3.8) is 0 Å². The molecule has 2 aromatic rings. The number of fused-ring (bicyclic) bond motifs is 1. The number of aryl methyl sites for hydroxylation is 1. The van der Waals surface area contributed by atoms with E-state index in [1.165, 1.54) is 5.56 Å². The third-order valence-electron chi connectivity index (χ3n) is 3.68. The van der Waals surface area contributed by atoms with Crippen molar-refractivity contribution < 1.29 is 0 Å². The van der Waals surface area contributed by atoms with Crippen molar-refractivity contribution in [2.45, 2.75) is 6.92 Å². The highest BCUT2D eigenvalue weighted by atomic mass is 15.4. The number of nitrogen functional groups attached to an aromatic ring is 1. The molecule has 1 aliphatic rings. The number of piperazine rings is 1. The number of aromatic nitrogens is 2. The standard InChI is InChI=1S/C13H19N5/c1-10-4-3-5-18-12(10)11(14)13(15-18)17-8-6-16(2)7-9-17/h3-5H,6-9,14H2,1-2H3. The zero-order chi connectivity index (χ0) is 12.7. The van der Waals surface area contributed by atoms with Gasteiger partial charge in [-0.2, -0.15) is 0 Å². The van der Waals surface area contributed by atoms with Crippen LogP contribution in [0.15, 0.2) is 18.3 Å². The number of nitrogens with zero attached hydrogens (tertiary/aromatic N) is 4. The highest BCUT2D eigenvalue weighted by Crippen LogP contribution is 2.29. The Morgan fingerprint density at radius 2 is 1.94 bits per heavy atom. The molecule has 0 aliphatic carbocycles. The normalized spacial score (nSPS) is 17.6. The Morgan fingerprint density at radius 1 is 1.22 bits per heavy atom. The van der Waals surface area contributed by atoms with Crippen LogP contribution in [-0.2, 0) is 0 Å². The van der Waals surface area contributed by atoms with Crippen molar-refractivity contribution in [1.82, 2.24) is 14.5 Å². The van der Waals surface area contributed by atoms with E-state index >= 15 is 0 Å². The molecule has 2 N–H and O–H groups in total. The molecule has 1 saturated heterocycles. The summed E-state index contributed by atoms with van der Waals surface area (Å²) in [5, 5.41) is 4.62. The van der Waals surface area contributed by atoms with Crippen LogP contribution in [-0.4, -0.2) is 47.7 Å². The average Bonchev–Trinajstić information content (AvgIpc) is 2.69. The minimum atomic E-state index is 0.803. The van der Waals surface area contributed by atoms with Gasteiger partial charge in [-0.15, -0.1) is 5.10 Å². The Balaban J connectivity index is 2.02. The van der Waals surface area contributed by atoms with E-state index in [9.17, 15) is 0 Å². The molecule has 96 valence electrons. The third-order valence-corrected chi connectivity index (χ3v) is 3.68. The second-order valence-corrected chi connectivity index (χ2v) is 5.01. The molecule has 0 unspecified atom stereocenters. The molecule has 1 aliphatic heterocycles. The number of hydrogen-bond donors (Lipinski definition) is 1. The van der Waals surface area contributed by atoms with E-state index in [2.05, 4.69) is 34.9 Å². The quantitative estimate of drug-likeness (QED) is 0.813. The first-order chi connectivity index (χ1) is 8.66. The van der Waals surface area contributed by atoms with Crippen LogP contribution in [0.3, 0.4) is 0 Å². The van der Waals surface area contributed by atoms with E-state index in [1.807, 2.05) is 16.8 Å². The first-order valence-corrected chi connectivity index (χ1v) is 6.34. The molecule has 3 rings (SSSR count). The number of pyridine rings is 1. The second kappa shape index (κ2) is 4.17. The number of likely N-dealkylation sites (N-methyl/N-ethyl adjacent to an activating group) is 1. The summed E-state index contributed by atoms with van der Waals surface area (Å²) in [5.41, 5.74) is 9.27. The maximum atomic E-state index is 6.27. The fraction of sp³-hybridized carbons (Fsp3) is 0.462. The average molecular weight is 245 g/mol. The molecule has 0 bridgehead atoms. The lowest BCUT2D eigenvalue weighted by atomic mass is 10.2. The summed E-state index contributed by atoms with van der Waals surface area (Å²) in [6, 6.07) is 4.07. The highest BCUT2D eigenvalue weighted by Gasteiger charge is 2.20. The molecule has 0 spiro atoms. The Hall–Kier alpha value is -1.75. The number of hydrogen-bond acceptors (Lipinski definition) is 4. The van der Waals surface area contributed by atoms with E-state index in [0.717, 1.165) is 43.2 Å². The van der Waals surface area contributed by atoms with E-state index in [0.29, 0.717) is 0 Å². The van der Waals surface area contributed by atoms with Gasteiger partial charge in [0.15, 0.2) is 5.82 Å². The van der Waals surface area contributed by atoms with Crippen LogP contribution >= 0.6 is 0 Å². The predicted octanol–water partition coefficient (Wildman–Crippen LogP) is 0.977. The summed E-state index contributed by atoms with van der Waals surface area (Å²) in [6.07, 6.45) is 1.96. The van der Waals surface area contributed by atoms with Crippen LogP contribution in [0.25, 0.3) is 5.52 Å². The van der Waals surface area contributed by atoms with Crippen molar-refractivity contribution in [3.8, 4) is 0 Å². The van der Waals surface area contributed by atoms with Crippen LogP contribution in [0.2, 0.25) is 0 Å². The van der Waals surface area contributed by atoms with Gasteiger partial charge >= 0.3 is 0 Å². The highest BCUT2D eigenvalue weighted by molar-refractivity contribution is 5.83. The number of anilines is 2. The molecule has 18 heavy (non-hydrogen) atoms. The molecule has 0 amide bonds. The summed E-state index contributed by atoms with van der Waals surface area (Å²) in [5.74, 6) is 0.928. The molecule has 5 heteroatoms. The first kappa shape index (κ1) is 11.3. The van der Waals surface area contributed by atoms with Gasteiger partial charge in [0, 0.05) is 32.4 Å². The van der Waals surface area contributed by atoms with Gasteiger partial charge in [-0.3, -0.25) is 0 Å². The zero-order valence-electron chi connectivity index (χ0n) is 10.9. The summed E-state index contributed by atoms with van der Waals surface area (Å²) in [4.78, 5) is 4.61. The van der Waals surface area contributed by atoms with Crippen molar-refractivity contribution >= 4 is 17.0 Å². The van der Waals surface area contributed by atoms with Crippen molar-refractivity contribution in [2.24, 2.45) is 0 Å². The smallest absolute Gasteiger partial charge is 0.175 e. The van der Waals surface area contributed by atoms with Gasteiger partial charge in [-0.1, -0.05) is 6.07 Å². The lowest BCUT2D eigenvalue weighted by Gasteiger charge is -2.32. The van der Waals surface area contributed by atoms with Crippen LogP contribution in [0.5, 0.6) is 0 Å². The Morgan fingerprint density at radius 3 is 2.61 bits per heavy atom. The van der Waals surface area contributed by atoms with Gasteiger partial charge in [0.1, 0.15) is 5.69 Å². The zero-order valence-corrected chi connectivity index (χ0v) is 10.9. The monoisotopic (exact) mass is 245 g/mol. The van der Waals surface area contributed by atoms with E-state index in [-0.39, 0.29) is 0 Å². The lowest BCUT2D eigenvalue weighted by molar-refractivity contribution is 0.312. The van der Waals surface area contributed by atoms with E-state index in [4.69, 9.17) is 5.73 Å². The van der Waals surface area contributed by atoms with Crippen LogP contribution < -0.4 is 10.6 Å². The fourth-order valence-electron chi connectivity index (χ4n) is 2.54. The number of nitrogens with two attached hydrogens (primary N) is 1. The third kappa shape index (κ3) is 1.71. The number of rotatable bonds is 1. The SMILES string of the molecule is Cc1cccn2nc(N3CCN(C)CC3)c(N)c12. The summed E-state index contributed by atoms with van der Waals surface area (Å²) >= 11 is 0. The molecular formula is C13H19N5. The van der Waals surface area contributed by atoms with Crippen molar-refractivity contribution in [1.29, 1.82) is 0 Å². The molecule has 5 nitrogen and oxygen atoms in total. The maximum Gasteiger partial charge on any atom is 0.175 e. The Bertz CT molecular complexity index is 566. The Labute approximate surface area is 107 Å². The van der Waals surface area contributed by atoms with Gasteiger partial charge in [-0.25, -0.2) is 4.52 Å². The minimum absolute atomic E-state index is 0.803. The fourth-order valence-corrected chi connectivity index (χ4v) is 2.54. The summed E-state index contributed by atoms with van der Waals surface area (Å²) in [7, 11) is 2.15. The minimum Gasteiger partial charge on any atom is -0.394 e. The Kier molecular flexibility index (Phi) is 2.63. The maximum absolute atomic E-state index is 6.27. The lowest BCUT2D eigenvalue weighted by Crippen LogP contribution is -2.44. The van der Waals surface area contributed by atoms with Gasteiger partial charge in [0.2, 0.25) is 0 Å². The molecule has 0 aromatic carbocycles. The van der Waals surface area contributed by atoms with Gasteiger partial charge < -0.3 is 15.5 Å². The first-order valence-electron chi connectivity index (χ1n) is 6.34. The molecule has 0 saturated carbocycles. The molecule has 1 fully saturated rings. The molecule has 0 radical (unpaired) electrons. The summed E-state index contributed by atoms with van der Waals surface area (Å²) in [6.45, 7) is 6.17. The molecule has 0 atom stereocenters. The van der Waals surface area contributed by atoms with Crippen LogP contribution in [0.4, 0.5) is 11.5 Å². The van der Waals surface area contributed by atoms with Crippen molar-refractivity contribution in [3.05, 3.63) is 23.9 Å². The largest absolute Gasteiger partial charge is 0.394 e. The van der Waals surface area contributed by atoms with Gasteiger partial charge in [-0.05, 0) is 25.6 Å². The molecule has 3 heterocycles. The molecule has 2 aromatic heterocycles. The van der Waals surface area contributed by atoms with Crippen molar-refractivity contribution in [2.75, 3.05) is 43.9 Å². The second-order valence-electron chi connectivity index (χ2n) is 5.01. The van der Waals surface area contributed by atoms with Crippen LogP contribution in [0, 0.1) is 6.92 Å². The van der Waals surface area contributed by atoms with Gasteiger partial charge in [0.05, 0.1) is 5.52 Å². The van der Waals surface area contributed by atoms with E-state index in [1.54, 1.807) is 0 Å². The van der Waals surface area contributed by atoms with E-state index < -0.39 is 0 Å². The summed E-state index contributed by atoms with van der Waals surface area (Å²) < 4.78 is 1.89. The topological polar surface area (TPSA) is 49.8 Å².